The third-order valence-electron chi connectivity index (χ3n) is 3.01. The molecule has 0 aliphatic heterocycles. The zero-order chi connectivity index (χ0) is 13.8. The van der Waals surface area contributed by atoms with Crippen molar-refractivity contribution in [1.29, 1.82) is 0 Å². The van der Waals surface area contributed by atoms with Crippen LogP contribution in [-0.2, 0) is 17.8 Å². The number of hydrogen-bond donors (Lipinski definition) is 2. The molecule has 0 fully saturated rings. The molecule has 0 bridgehead atoms. The van der Waals surface area contributed by atoms with Gasteiger partial charge in [-0.05, 0) is 43.2 Å². The van der Waals surface area contributed by atoms with Crippen molar-refractivity contribution >= 4 is 5.91 Å². The molecular weight excluding hydrogens is 243 g/mol. The third-order valence-corrected chi connectivity index (χ3v) is 3.01. The van der Waals surface area contributed by atoms with Crippen LogP contribution in [0.2, 0.25) is 0 Å². The first-order chi connectivity index (χ1) is 9.04. The molecule has 3 nitrogen and oxygen atoms in total. The summed E-state index contributed by atoms with van der Waals surface area (Å²) < 4.78 is 12.7. The smallest absolute Gasteiger partial charge is 0.224 e. The van der Waals surface area contributed by atoms with E-state index in [9.17, 15) is 9.18 Å². The summed E-state index contributed by atoms with van der Waals surface area (Å²) in [5.74, 6) is -0.354. The number of nitrogens with one attached hydrogen (secondary N) is 2. The van der Waals surface area contributed by atoms with Gasteiger partial charge in [-0.2, -0.15) is 0 Å². The molecule has 0 aliphatic carbocycles. The number of carbonyl (C=O) groups is 1. The second kappa shape index (κ2) is 5.69. The molecule has 2 N–H and O–H groups in total. The van der Waals surface area contributed by atoms with E-state index >= 15 is 0 Å². The predicted molar refractivity (Wildman–Crippen MR) is 72.2 cm³/mol. The topological polar surface area (TPSA) is 44.9 Å². The lowest BCUT2D eigenvalue weighted by Gasteiger charge is -2.05. The van der Waals surface area contributed by atoms with Crippen LogP contribution in [0.1, 0.15) is 22.5 Å². The van der Waals surface area contributed by atoms with Crippen LogP contribution >= 0.6 is 0 Å². The lowest BCUT2D eigenvalue weighted by Crippen LogP contribution is -2.24. The van der Waals surface area contributed by atoms with E-state index in [4.69, 9.17) is 0 Å². The molecule has 1 heterocycles. The highest BCUT2D eigenvalue weighted by Crippen LogP contribution is 2.09. The molecule has 0 radical (unpaired) electrons. The number of carbonyl (C=O) groups excluding carboxylic acids is 1. The molecule has 100 valence electrons. The van der Waals surface area contributed by atoms with Gasteiger partial charge in [0.1, 0.15) is 5.82 Å². The number of amides is 1. The highest BCUT2D eigenvalue weighted by molar-refractivity contribution is 5.78. The summed E-state index contributed by atoms with van der Waals surface area (Å²) in [7, 11) is 0. The molecule has 0 aliphatic rings. The zero-order valence-corrected chi connectivity index (χ0v) is 11.1. The van der Waals surface area contributed by atoms with Crippen LogP contribution in [0, 0.1) is 19.7 Å². The summed E-state index contributed by atoms with van der Waals surface area (Å²) in [4.78, 5) is 15.0. The SMILES string of the molecule is Cc1cc(CNC(=O)Cc2ccc(F)cc2)c(C)[nH]1. The van der Waals surface area contributed by atoms with Crippen LogP contribution in [0.3, 0.4) is 0 Å². The first-order valence-electron chi connectivity index (χ1n) is 6.21. The molecule has 1 aromatic carbocycles. The fourth-order valence-corrected chi connectivity index (χ4v) is 2.01. The number of benzene rings is 1. The van der Waals surface area contributed by atoms with Crippen molar-refractivity contribution < 1.29 is 9.18 Å². The second-order valence-electron chi connectivity index (χ2n) is 4.68. The minimum absolute atomic E-state index is 0.0649. The molecule has 0 saturated carbocycles. The van der Waals surface area contributed by atoms with Crippen molar-refractivity contribution in [3.63, 3.8) is 0 Å². The molecule has 1 aromatic heterocycles. The van der Waals surface area contributed by atoms with Gasteiger partial charge in [0.15, 0.2) is 0 Å². The van der Waals surface area contributed by atoms with E-state index in [1.165, 1.54) is 12.1 Å². The van der Waals surface area contributed by atoms with Crippen molar-refractivity contribution in [3.8, 4) is 0 Å². The van der Waals surface area contributed by atoms with E-state index in [2.05, 4.69) is 10.3 Å². The summed E-state index contributed by atoms with van der Waals surface area (Å²) in [6.07, 6.45) is 0.267. The van der Waals surface area contributed by atoms with Crippen LogP contribution < -0.4 is 5.32 Å². The van der Waals surface area contributed by atoms with E-state index in [1.54, 1.807) is 12.1 Å². The molecule has 19 heavy (non-hydrogen) atoms. The Kier molecular flexibility index (Phi) is 4.00. The Morgan fingerprint density at radius 3 is 2.53 bits per heavy atom. The number of rotatable bonds is 4. The number of aromatic amines is 1. The van der Waals surface area contributed by atoms with Gasteiger partial charge < -0.3 is 10.3 Å². The minimum Gasteiger partial charge on any atom is -0.362 e. The van der Waals surface area contributed by atoms with Gasteiger partial charge in [0.25, 0.3) is 0 Å². The average molecular weight is 260 g/mol. The Morgan fingerprint density at radius 2 is 1.95 bits per heavy atom. The Bertz CT molecular complexity index is 572. The average Bonchev–Trinajstić information content (AvgIpc) is 2.68. The number of aromatic nitrogens is 1. The molecule has 0 unspecified atom stereocenters. The van der Waals surface area contributed by atoms with Gasteiger partial charge in [0.05, 0.1) is 6.42 Å². The van der Waals surface area contributed by atoms with Crippen molar-refractivity contribution in [2.45, 2.75) is 26.8 Å². The first kappa shape index (κ1) is 13.3. The Balaban J connectivity index is 1.88. The van der Waals surface area contributed by atoms with Crippen LogP contribution in [0.5, 0.6) is 0 Å². The summed E-state index contributed by atoms with van der Waals surface area (Å²) in [5, 5.41) is 2.86. The highest BCUT2D eigenvalue weighted by Gasteiger charge is 2.06. The fraction of sp³-hybridized carbons (Fsp3) is 0.267. The van der Waals surface area contributed by atoms with Gasteiger partial charge in [-0.25, -0.2) is 4.39 Å². The van der Waals surface area contributed by atoms with Crippen molar-refractivity contribution in [1.82, 2.24) is 10.3 Å². The summed E-state index contributed by atoms with van der Waals surface area (Å²) in [5.41, 5.74) is 4.05. The van der Waals surface area contributed by atoms with Gasteiger partial charge in [-0.3, -0.25) is 4.79 Å². The van der Waals surface area contributed by atoms with E-state index in [1.807, 2.05) is 19.9 Å². The quantitative estimate of drug-likeness (QED) is 0.872. The van der Waals surface area contributed by atoms with Gasteiger partial charge in [-0.15, -0.1) is 0 Å². The maximum absolute atomic E-state index is 12.7. The zero-order valence-electron chi connectivity index (χ0n) is 11.1. The fourth-order valence-electron chi connectivity index (χ4n) is 2.01. The standard InChI is InChI=1S/C15H17FN2O/c1-10-7-13(11(2)18-10)9-17-15(19)8-12-3-5-14(16)6-4-12/h3-7,18H,8-9H2,1-2H3,(H,17,19). The Hall–Kier alpha value is -2.10. The summed E-state index contributed by atoms with van der Waals surface area (Å²) in [6, 6.07) is 8.00. The molecule has 0 atom stereocenters. The van der Waals surface area contributed by atoms with E-state index < -0.39 is 0 Å². The Labute approximate surface area is 111 Å². The lowest BCUT2D eigenvalue weighted by molar-refractivity contribution is -0.120. The summed E-state index contributed by atoms with van der Waals surface area (Å²) >= 11 is 0. The molecule has 4 heteroatoms. The molecule has 1 amide bonds. The van der Waals surface area contributed by atoms with Crippen molar-refractivity contribution in [2.24, 2.45) is 0 Å². The van der Waals surface area contributed by atoms with Crippen LogP contribution in [-0.4, -0.2) is 10.9 Å². The molecule has 2 rings (SSSR count). The first-order valence-corrected chi connectivity index (χ1v) is 6.21. The van der Waals surface area contributed by atoms with E-state index in [0.29, 0.717) is 6.54 Å². The van der Waals surface area contributed by atoms with Gasteiger partial charge in [0, 0.05) is 17.9 Å². The molecule has 0 spiro atoms. The second-order valence-corrected chi connectivity index (χ2v) is 4.68. The third kappa shape index (κ3) is 3.68. The number of aryl methyl sites for hydroxylation is 2. The van der Waals surface area contributed by atoms with E-state index in [0.717, 1.165) is 22.5 Å². The number of halogens is 1. The van der Waals surface area contributed by atoms with Crippen LogP contribution in [0.4, 0.5) is 4.39 Å². The monoisotopic (exact) mass is 260 g/mol. The lowest BCUT2D eigenvalue weighted by atomic mass is 10.1. The molecule has 0 saturated heterocycles. The van der Waals surface area contributed by atoms with Gasteiger partial charge in [-0.1, -0.05) is 12.1 Å². The van der Waals surface area contributed by atoms with E-state index in [-0.39, 0.29) is 18.1 Å². The number of hydrogen-bond acceptors (Lipinski definition) is 1. The van der Waals surface area contributed by atoms with Gasteiger partial charge >= 0.3 is 0 Å². The van der Waals surface area contributed by atoms with Crippen LogP contribution in [0.25, 0.3) is 0 Å². The minimum atomic E-state index is -0.289. The highest BCUT2D eigenvalue weighted by atomic mass is 19.1. The maximum Gasteiger partial charge on any atom is 0.224 e. The van der Waals surface area contributed by atoms with Gasteiger partial charge in [0.2, 0.25) is 5.91 Å². The van der Waals surface area contributed by atoms with Crippen molar-refractivity contribution in [2.75, 3.05) is 0 Å². The molecular formula is C15H17FN2O. The predicted octanol–water partition coefficient (Wildman–Crippen LogP) is 2.63. The maximum atomic E-state index is 12.7. The molecule has 2 aromatic rings. The number of H-pyrrole nitrogens is 1. The summed E-state index contributed by atoms with van der Waals surface area (Å²) in [6.45, 7) is 4.47. The van der Waals surface area contributed by atoms with Crippen LogP contribution in [0.15, 0.2) is 30.3 Å². The van der Waals surface area contributed by atoms with Crippen molar-refractivity contribution in [3.05, 3.63) is 58.7 Å². The largest absolute Gasteiger partial charge is 0.362 e. The Morgan fingerprint density at radius 1 is 1.26 bits per heavy atom. The normalized spacial score (nSPS) is 10.5.